The van der Waals surface area contributed by atoms with Gasteiger partial charge in [-0.3, -0.25) is 4.79 Å². The number of amides is 1. The summed E-state index contributed by atoms with van der Waals surface area (Å²) in [6.07, 6.45) is 8.75. The third-order valence-electron chi connectivity index (χ3n) is 0.211. The highest BCUT2D eigenvalue weighted by molar-refractivity contribution is 5.45. The summed E-state index contributed by atoms with van der Waals surface area (Å²) in [6.45, 7) is 0. The molecule has 0 fully saturated rings. The topological polar surface area (TPSA) is 20.3 Å². The molecule has 2 nitrogen and oxygen atoms in total. The molecule has 2 heteroatoms. The van der Waals surface area contributed by atoms with Gasteiger partial charge in [-0.2, -0.15) is 0 Å². The van der Waals surface area contributed by atoms with Crippen LogP contribution in [0.3, 0.4) is 0 Å². The molecular weight excluding hydrogens is 90.1 g/mol. The lowest BCUT2D eigenvalue weighted by atomic mass is 11.0. The number of nitrogens with zero attached hydrogens (tertiary/aromatic N) is 1. The molecule has 1 amide bonds. The van der Waals surface area contributed by atoms with E-state index in [1.54, 1.807) is 14.1 Å². The predicted molar refractivity (Wildman–Crippen MR) is 29.6 cm³/mol. The summed E-state index contributed by atoms with van der Waals surface area (Å²) in [4.78, 5) is 10.9. The molecule has 0 bridgehead atoms. The molecule has 0 aliphatic heterocycles. The maximum Gasteiger partial charge on any atom is 0.209 e. The van der Waals surface area contributed by atoms with Crippen LogP contribution in [0.5, 0.6) is 0 Å². The quantitative estimate of drug-likeness (QED) is 0.333. The Morgan fingerprint density at radius 1 is 1.43 bits per heavy atom. The Morgan fingerprint density at radius 2 is 1.57 bits per heavy atom. The van der Waals surface area contributed by atoms with Crippen LogP contribution in [0.25, 0.3) is 0 Å². The van der Waals surface area contributed by atoms with Gasteiger partial charge in [-0.05, 0) is 0 Å². The van der Waals surface area contributed by atoms with Gasteiger partial charge in [-0.25, -0.2) is 0 Å². The highest BCUT2D eigenvalue weighted by atomic mass is 16.1. The first-order valence-corrected chi connectivity index (χ1v) is 1.72. The van der Waals surface area contributed by atoms with E-state index in [0.29, 0.717) is 0 Å². The first kappa shape index (κ1) is 9.39. The zero-order valence-corrected chi connectivity index (χ0v) is 4.59. The zero-order valence-electron chi connectivity index (χ0n) is 4.59. The van der Waals surface area contributed by atoms with Gasteiger partial charge in [0.25, 0.3) is 0 Å². The number of hydrogen-bond donors (Lipinski definition) is 0. The second-order valence-electron chi connectivity index (χ2n) is 1.07. The van der Waals surface area contributed by atoms with Crippen LogP contribution >= 0.6 is 0 Å². The van der Waals surface area contributed by atoms with Crippen molar-refractivity contribution >= 4 is 6.41 Å². The molecule has 0 spiro atoms. The van der Waals surface area contributed by atoms with E-state index in [9.17, 15) is 4.79 Å². The number of carbonyl (C=O) groups is 1. The van der Waals surface area contributed by atoms with Gasteiger partial charge in [-0.1, -0.05) is 0 Å². The molecule has 0 aliphatic rings. The summed E-state index contributed by atoms with van der Waals surface area (Å²) >= 11 is 0. The van der Waals surface area contributed by atoms with Gasteiger partial charge in [0, 0.05) is 14.1 Å². The fourth-order valence-corrected chi connectivity index (χ4v) is 0. The number of terminal acetylenes is 1. The third kappa shape index (κ3) is 43.5. The van der Waals surface area contributed by atoms with Crippen molar-refractivity contribution in [1.29, 1.82) is 0 Å². The van der Waals surface area contributed by atoms with E-state index in [4.69, 9.17) is 0 Å². The first-order chi connectivity index (χ1) is 3.27. The van der Waals surface area contributed by atoms with Gasteiger partial charge in [0.05, 0.1) is 0 Å². The third-order valence-corrected chi connectivity index (χ3v) is 0.211. The SMILES string of the molecule is C#C.CN(C)C=O. The lowest BCUT2D eigenvalue weighted by molar-refractivity contribution is -0.115. The minimum atomic E-state index is 0.750. The van der Waals surface area contributed by atoms with Crippen LogP contribution in [0.2, 0.25) is 0 Å². The van der Waals surface area contributed by atoms with Gasteiger partial charge in [0.1, 0.15) is 0 Å². The summed E-state index contributed by atoms with van der Waals surface area (Å²) in [7, 11) is 3.38. The number of rotatable bonds is 1. The molecule has 0 rings (SSSR count). The van der Waals surface area contributed by atoms with Crippen molar-refractivity contribution in [3.05, 3.63) is 0 Å². The molecule has 0 saturated heterocycles. The van der Waals surface area contributed by atoms with E-state index < -0.39 is 0 Å². The average Bonchev–Trinajstić information content (AvgIpc) is 1.73. The fraction of sp³-hybridized carbons (Fsp3) is 0.400. The van der Waals surface area contributed by atoms with Crippen LogP contribution in [0.15, 0.2) is 0 Å². The summed E-state index contributed by atoms with van der Waals surface area (Å²) in [5.41, 5.74) is 0. The molecule has 0 aromatic carbocycles. The smallest absolute Gasteiger partial charge is 0.209 e. The van der Waals surface area contributed by atoms with Crippen molar-refractivity contribution in [3.63, 3.8) is 0 Å². The summed E-state index contributed by atoms with van der Waals surface area (Å²) < 4.78 is 0. The van der Waals surface area contributed by atoms with E-state index in [2.05, 4.69) is 12.8 Å². The Labute approximate surface area is 44.1 Å². The molecule has 0 N–H and O–H groups in total. The van der Waals surface area contributed by atoms with E-state index in [1.165, 1.54) is 4.90 Å². The van der Waals surface area contributed by atoms with Gasteiger partial charge in [0.2, 0.25) is 6.41 Å². The summed E-state index contributed by atoms with van der Waals surface area (Å²) in [5, 5.41) is 0. The molecule has 0 heterocycles. The highest BCUT2D eigenvalue weighted by Gasteiger charge is 1.68. The largest absolute Gasteiger partial charge is 0.351 e. The van der Waals surface area contributed by atoms with Gasteiger partial charge < -0.3 is 4.90 Å². The molecular formula is C5H9NO. The Hall–Kier alpha value is -0.970. The summed E-state index contributed by atoms with van der Waals surface area (Å²) in [6, 6.07) is 0. The van der Waals surface area contributed by atoms with Crippen LogP contribution in [0.4, 0.5) is 0 Å². The Kier molecular flexibility index (Phi) is 11.9. The van der Waals surface area contributed by atoms with E-state index >= 15 is 0 Å². The zero-order chi connectivity index (χ0) is 6.28. The van der Waals surface area contributed by atoms with Gasteiger partial charge in [0.15, 0.2) is 0 Å². The van der Waals surface area contributed by atoms with E-state index in [0.717, 1.165) is 6.41 Å². The molecule has 7 heavy (non-hydrogen) atoms. The van der Waals surface area contributed by atoms with Crippen LogP contribution in [-0.4, -0.2) is 25.4 Å². The Balaban J connectivity index is 0. The van der Waals surface area contributed by atoms with Crippen LogP contribution in [-0.2, 0) is 4.79 Å². The van der Waals surface area contributed by atoms with Gasteiger partial charge >= 0.3 is 0 Å². The van der Waals surface area contributed by atoms with Crippen molar-refractivity contribution in [2.75, 3.05) is 14.1 Å². The standard InChI is InChI=1S/C3H7NO.C2H2/c1-4(2)3-5;1-2/h3H,1-2H3;1-2H. The molecule has 0 unspecified atom stereocenters. The van der Waals surface area contributed by atoms with Crippen LogP contribution in [0, 0.1) is 12.8 Å². The molecule has 0 radical (unpaired) electrons. The van der Waals surface area contributed by atoms with Crippen molar-refractivity contribution in [2.24, 2.45) is 0 Å². The van der Waals surface area contributed by atoms with E-state index in [1.807, 2.05) is 0 Å². The Morgan fingerprint density at radius 3 is 1.57 bits per heavy atom. The van der Waals surface area contributed by atoms with E-state index in [-0.39, 0.29) is 0 Å². The maximum atomic E-state index is 9.43. The average molecular weight is 99.1 g/mol. The minimum absolute atomic E-state index is 0.750. The number of carbonyl (C=O) groups excluding carboxylic acids is 1. The Bertz CT molecular complexity index is 56.3. The second kappa shape index (κ2) is 8.90. The fourth-order valence-electron chi connectivity index (χ4n) is 0. The van der Waals surface area contributed by atoms with Gasteiger partial charge in [-0.15, -0.1) is 12.8 Å². The van der Waals surface area contributed by atoms with Crippen molar-refractivity contribution in [3.8, 4) is 12.8 Å². The molecule has 0 aromatic heterocycles. The van der Waals surface area contributed by atoms with Crippen LogP contribution in [0.1, 0.15) is 0 Å². The normalized spacial score (nSPS) is 5.14. The van der Waals surface area contributed by atoms with Crippen LogP contribution < -0.4 is 0 Å². The monoisotopic (exact) mass is 99.1 g/mol. The van der Waals surface area contributed by atoms with Crippen molar-refractivity contribution in [2.45, 2.75) is 0 Å². The molecule has 0 atom stereocenters. The minimum Gasteiger partial charge on any atom is -0.351 e. The maximum absolute atomic E-state index is 9.43. The predicted octanol–water partition coefficient (Wildman–Crippen LogP) is -0.0462. The highest BCUT2D eigenvalue weighted by Crippen LogP contribution is 1.52. The summed E-state index contributed by atoms with van der Waals surface area (Å²) in [5.74, 6) is 0. The molecule has 40 valence electrons. The molecule has 0 aromatic rings. The second-order valence-corrected chi connectivity index (χ2v) is 1.07. The van der Waals surface area contributed by atoms with Crippen molar-refractivity contribution in [1.82, 2.24) is 4.90 Å². The lowest BCUT2D eigenvalue weighted by Crippen LogP contribution is -2.06. The molecule has 0 saturated carbocycles. The number of hydrogen-bond acceptors (Lipinski definition) is 1. The van der Waals surface area contributed by atoms with Crippen molar-refractivity contribution < 1.29 is 4.79 Å². The lowest BCUT2D eigenvalue weighted by Gasteiger charge is -1.93. The molecule has 0 aliphatic carbocycles. The first-order valence-electron chi connectivity index (χ1n) is 1.72.